The molecule has 2 aromatic rings. The number of benzene rings is 2. The number of alkyl halides is 1. The Morgan fingerprint density at radius 1 is 0.947 bits per heavy atom. The van der Waals surface area contributed by atoms with E-state index in [2.05, 4.69) is 47.8 Å². The van der Waals surface area contributed by atoms with Gasteiger partial charge in [0, 0.05) is 14.9 Å². The van der Waals surface area contributed by atoms with E-state index < -0.39 is 11.6 Å². The highest BCUT2D eigenvalue weighted by Crippen LogP contribution is 2.32. The van der Waals surface area contributed by atoms with Crippen LogP contribution >= 0.6 is 47.8 Å². The second-order valence-electron chi connectivity index (χ2n) is 4.09. The van der Waals surface area contributed by atoms with Crippen molar-refractivity contribution in [1.82, 2.24) is 0 Å². The summed E-state index contributed by atoms with van der Waals surface area (Å²) in [5.74, 6) is -0.885. The van der Waals surface area contributed by atoms with E-state index in [1.165, 1.54) is 6.07 Å². The van der Waals surface area contributed by atoms with Crippen LogP contribution in [0.25, 0.3) is 0 Å². The van der Waals surface area contributed by atoms with Gasteiger partial charge < -0.3 is 0 Å². The molecular formula is C14H9Br3F2. The van der Waals surface area contributed by atoms with Crippen molar-refractivity contribution >= 4 is 47.8 Å². The topological polar surface area (TPSA) is 0 Å². The Morgan fingerprint density at radius 3 is 2.21 bits per heavy atom. The summed E-state index contributed by atoms with van der Waals surface area (Å²) >= 11 is 9.74. The normalized spacial score (nSPS) is 12.5. The van der Waals surface area contributed by atoms with Crippen LogP contribution in [0.15, 0.2) is 45.3 Å². The first kappa shape index (κ1) is 15.1. The van der Waals surface area contributed by atoms with Crippen molar-refractivity contribution in [2.45, 2.75) is 11.2 Å². The zero-order valence-corrected chi connectivity index (χ0v) is 14.4. The Labute approximate surface area is 135 Å². The van der Waals surface area contributed by atoms with Crippen molar-refractivity contribution in [1.29, 1.82) is 0 Å². The van der Waals surface area contributed by atoms with Crippen LogP contribution < -0.4 is 0 Å². The lowest BCUT2D eigenvalue weighted by Gasteiger charge is -2.12. The molecule has 0 radical (unpaired) electrons. The lowest BCUT2D eigenvalue weighted by Crippen LogP contribution is -2.00. The fourth-order valence-corrected chi connectivity index (χ4v) is 3.02. The number of hydrogen-bond acceptors (Lipinski definition) is 0. The summed E-state index contributed by atoms with van der Waals surface area (Å²) in [5.41, 5.74) is 1.37. The molecule has 0 aliphatic carbocycles. The van der Waals surface area contributed by atoms with Gasteiger partial charge in [0.05, 0.1) is 4.47 Å². The number of rotatable bonds is 3. The van der Waals surface area contributed by atoms with Gasteiger partial charge in [0.25, 0.3) is 0 Å². The molecular weight excluding hydrogens is 446 g/mol. The van der Waals surface area contributed by atoms with Gasteiger partial charge in [-0.05, 0) is 52.2 Å². The molecule has 0 fully saturated rings. The predicted molar refractivity (Wildman–Crippen MR) is 83.6 cm³/mol. The molecule has 0 amide bonds. The Balaban J connectivity index is 2.22. The molecule has 5 heteroatoms. The smallest absolute Gasteiger partial charge is 0.137 e. The average molecular weight is 455 g/mol. The maximum atomic E-state index is 13.8. The monoisotopic (exact) mass is 452 g/mol. The van der Waals surface area contributed by atoms with Gasteiger partial charge in [0.15, 0.2) is 0 Å². The molecule has 0 bridgehead atoms. The molecule has 0 N–H and O–H groups in total. The lowest BCUT2D eigenvalue weighted by molar-refractivity contribution is 0.579. The van der Waals surface area contributed by atoms with Crippen molar-refractivity contribution < 1.29 is 8.78 Å². The summed E-state index contributed by atoms with van der Waals surface area (Å²) in [7, 11) is 0. The summed E-state index contributed by atoms with van der Waals surface area (Å²) in [5, 5.41) is 0. The molecule has 100 valence electrons. The largest absolute Gasteiger partial charge is 0.207 e. The molecule has 0 aromatic heterocycles. The molecule has 0 heterocycles. The van der Waals surface area contributed by atoms with Crippen LogP contribution in [-0.4, -0.2) is 0 Å². The maximum Gasteiger partial charge on any atom is 0.137 e. The third-order valence-electron chi connectivity index (χ3n) is 2.71. The van der Waals surface area contributed by atoms with E-state index in [0.717, 1.165) is 16.1 Å². The van der Waals surface area contributed by atoms with Gasteiger partial charge in [0.1, 0.15) is 11.6 Å². The van der Waals surface area contributed by atoms with E-state index in [1.54, 1.807) is 0 Å². The van der Waals surface area contributed by atoms with Gasteiger partial charge >= 0.3 is 0 Å². The number of halogens is 5. The minimum absolute atomic E-state index is 0.136. The highest BCUT2D eigenvalue weighted by atomic mass is 79.9. The fourth-order valence-electron chi connectivity index (χ4n) is 1.72. The summed E-state index contributed by atoms with van der Waals surface area (Å²) in [6.07, 6.45) is 0.589. The number of hydrogen-bond donors (Lipinski definition) is 0. The van der Waals surface area contributed by atoms with Gasteiger partial charge in [-0.25, -0.2) is 8.78 Å². The second-order valence-corrected chi connectivity index (χ2v) is 6.96. The molecule has 0 spiro atoms. The zero-order chi connectivity index (χ0) is 14.0. The molecule has 0 saturated heterocycles. The average Bonchev–Trinajstić information content (AvgIpc) is 2.36. The van der Waals surface area contributed by atoms with Crippen molar-refractivity contribution in [3.8, 4) is 0 Å². The molecule has 0 saturated carbocycles. The Kier molecular flexibility index (Phi) is 5.15. The van der Waals surface area contributed by atoms with Crippen molar-refractivity contribution in [3.63, 3.8) is 0 Å². The van der Waals surface area contributed by atoms with E-state index in [0.29, 0.717) is 12.0 Å². The Morgan fingerprint density at radius 2 is 1.58 bits per heavy atom. The summed E-state index contributed by atoms with van der Waals surface area (Å²) in [6.45, 7) is 0. The van der Waals surface area contributed by atoms with Crippen LogP contribution in [0.2, 0.25) is 0 Å². The van der Waals surface area contributed by atoms with E-state index in [-0.39, 0.29) is 9.30 Å². The van der Waals surface area contributed by atoms with Gasteiger partial charge in [-0.2, -0.15) is 0 Å². The van der Waals surface area contributed by atoms with Gasteiger partial charge in [0.2, 0.25) is 0 Å². The first-order valence-corrected chi connectivity index (χ1v) is 8.00. The Hall–Kier alpha value is -0.260. The molecule has 0 aliphatic heterocycles. The van der Waals surface area contributed by atoms with Crippen LogP contribution in [0, 0.1) is 11.6 Å². The fraction of sp³-hybridized carbons (Fsp3) is 0.143. The molecule has 19 heavy (non-hydrogen) atoms. The first-order chi connectivity index (χ1) is 8.97. The molecule has 0 aliphatic rings. The summed E-state index contributed by atoms with van der Waals surface area (Å²) < 4.78 is 28.4. The van der Waals surface area contributed by atoms with E-state index in [1.807, 2.05) is 24.3 Å². The lowest BCUT2D eigenvalue weighted by atomic mass is 10.0. The molecule has 0 nitrogen and oxygen atoms in total. The standard InChI is InChI=1S/C14H9Br3F2/c15-9-3-1-8(2-4-9)5-11(16)10-6-14(19)12(17)7-13(10)18/h1-4,6-7,11H,5H2. The van der Waals surface area contributed by atoms with Crippen molar-refractivity contribution in [2.24, 2.45) is 0 Å². The van der Waals surface area contributed by atoms with Gasteiger partial charge in [-0.1, -0.05) is 44.0 Å². The predicted octanol–water partition coefficient (Wildman–Crippen LogP) is 6.17. The van der Waals surface area contributed by atoms with Crippen molar-refractivity contribution in [3.05, 3.63) is 68.1 Å². The van der Waals surface area contributed by atoms with Crippen molar-refractivity contribution in [2.75, 3.05) is 0 Å². The highest BCUT2D eigenvalue weighted by molar-refractivity contribution is 9.10. The van der Waals surface area contributed by atoms with Crippen LogP contribution in [0.3, 0.4) is 0 Å². The third-order valence-corrected chi connectivity index (χ3v) is 4.66. The molecule has 1 unspecified atom stereocenters. The first-order valence-electron chi connectivity index (χ1n) is 5.50. The van der Waals surface area contributed by atoms with Crippen LogP contribution in [0.1, 0.15) is 16.0 Å². The minimum Gasteiger partial charge on any atom is -0.207 e. The van der Waals surface area contributed by atoms with Gasteiger partial charge in [-0.3, -0.25) is 0 Å². The van der Waals surface area contributed by atoms with E-state index in [9.17, 15) is 8.78 Å². The van der Waals surface area contributed by atoms with Gasteiger partial charge in [-0.15, -0.1) is 0 Å². The molecule has 2 aromatic carbocycles. The molecule has 1 atom stereocenters. The molecule has 2 rings (SSSR count). The van der Waals surface area contributed by atoms with E-state index >= 15 is 0 Å². The zero-order valence-electron chi connectivity index (χ0n) is 9.64. The summed E-state index contributed by atoms with van der Waals surface area (Å²) in [6, 6.07) is 10.1. The SMILES string of the molecule is Fc1cc(C(Br)Cc2ccc(Br)cc2)c(F)cc1Br. The van der Waals surface area contributed by atoms with Crippen LogP contribution in [0.4, 0.5) is 8.78 Å². The quantitative estimate of drug-likeness (QED) is 0.384. The minimum atomic E-state index is -0.461. The third kappa shape index (κ3) is 3.86. The second kappa shape index (κ2) is 6.46. The van der Waals surface area contributed by atoms with Crippen LogP contribution in [0.5, 0.6) is 0 Å². The highest BCUT2D eigenvalue weighted by Gasteiger charge is 2.16. The Bertz CT molecular complexity index is 582. The van der Waals surface area contributed by atoms with Crippen LogP contribution in [-0.2, 0) is 6.42 Å². The maximum absolute atomic E-state index is 13.8. The summed E-state index contributed by atoms with van der Waals surface area (Å²) in [4.78, 5) is -0.267. The van der Waals surface area contributed by atoms with E-state index in [4.69, 9.17) is 0 Å².